The lowest BCUT2D eigenvalue weighted by atomic mass is 10.1. The summed E-state index contributed by atoms with van der Waals surface area (Å²) in [6.07, 6.45) is 1.72. The molecule has 0 saturated carbocycles. The minimum absolute atomic E-state index is 0.0511. The van der Waals surface area contributed by atoms with Crippen molar-refractivity contribution in [1.29, 1.82) is 0 Å². The van der Waals surface area contributed by atoms with E-state index in [2.05, 4.69) is 9.97 Å². The number of ketones is 1. The van der Waals surface area contributed by atoms with E-state index < -0.39 is 0 Å². The van der Waals surface area contributed by atoms with Crippen LogP contribution >= 0.6 is 0 Å². The Morgan fingerprint density at radius 1 is 1.29 bits per heavy atom. The molecular weight excluding hydrogens is 176 g/mol. The van der Waals surface area contributed by atoms with Crippen molar-refractivity contribution in [2.24, 2.45) is 0 Å². The molecule has 14 heavy (non-hydrogen) atoms. The highest BCUT2D eigenvalue weighted by molar-refractivity contribution is 5.97. The second kappa shape index (κ2) is 3.18. The Balaban J connectivity index is 2.69. The molecule has 0 N–H and O–H groups in total. The maximum atomic E-state index is 11.1. The van der Waals surface area contributed by atoms with E-state index >= 15 is 0 Å². The lowest BCUT2D eigenvalue weighted by Crippen LogP contribution is -1.94. The summed E-state index contributed by atoms with van der Waals surface area (Å²) < 4.78 is 0. The van der Waals surface area contributed by atoms with Crippen molar-refractivity contribution in [3.05, 3.63) is 35.7 Å². The largest absolute Gasteiger partial charge is 0.295 e. The quantitative estimate of drug-likeness (QED) is 0.641. The van der Waals surface area contributed by atoms with Gasteiger partial charge in [0, 0.05) is 11.8 Å². The third-order valence-corrected chi connectivity index (χ3v) is 2.07. The van der Waals surface area contributed by atoms with Crippen LogP contribution in [0.15, 0.2) is 24.4 Å². The zero-order chi connectivity index (χ0) is 10.1. The number of hydrogen-bond donors (Lipinski definition) is 0. The van der Waals surface area contributed by atoms with E-state index in [1.165, 1.54) is 0 Å². The van der Waals surface area contributed by atoms with Gasteiger partial charge in [0.15, 0.2) is 5.78 Å². The van der Waals surface area contributed by atoms with Gasteiger partial charge in [-0.2, -0.15) is 0 Å². The average molecular weight is 186 g/mol. The van der Waals surface area contributed by atoms with Gasteiger partial charge in [-0.3, -0.25) is 9.78 Å². The molecule has 1 aromatic heterocycles. The maximum absolute atomic E-state index is 11.1. The summed E-state index contributed by atoms with van der Waals surface area (Å²) >= 11 is 0. The second-order valence-electron chi connectivity index (χ2n) is 3.27. The fraction of sp³-hybridized carbons (Fsp3) is 0.182. The summed E-state index contributed by atoms with van der Waals surface area (Å²) in [6.45, 7) is 3.43. The standard InChI is InChI=1S/C11H10N2O/c1-7-6-12-10-4-3-9(8(2)14)5-11(10)13-7/h3-6H,1-2H3. The van der Waals surface area contributed by atoms with E-state index in [1.807, 2.05) is 13.0 Å². The van der Waals surface area contributed by atoms with E-state index in [-0.39, 0.29) is 5.78 Å². The van der Waals surface area contributed by atoms with Crippen molar-refractivity contribution in [2.45, 2.75) is 13.8 Å². The highest BCUT2D eigenvalue weighted by atomic mass is 16.1. The Morgan fingerprint density at radius 2 is 2.07 bits per heavy atom. The molecule has 0 aliphatic carbocycles. The minimum Gasteiger partial charge on any atom is -0.295 e. The number of hydrogen-bond acceptors (Lipinski definition) is 3. The molecule has 0 aliphatic heterocycles. The van der Waals surface area contributed by atoms with E-state index in [4.69, 9.17) is 0 Å². The molecule has 0 unspecified atom stereocenters. The highest BCUT2D eigenvalue weighted by Gasteiger charge is 2.02. The van der Waals surface area contributed by atoms with Crippen LogP contribution in [0.2, 0.25) is 0 Å². The van der Waals surface area contributed by atoms with Crippen LogP contribution in [-0.4, -0.2) is 15.8 Å². The number of aryl methyl sites for hydroxylation is 1. The summed E-state index contributed by atoms with van der Waals surface area (Å²) in [5.41, 5.74) is 3.13. The summed E-state index contributed by atoms with van der Waals surface area (Å²) in [5, 5.41) is 0. The predicted octanol–water partition coefficient (Wildman–Crippen LogP) is 2.14. The lowest BCUT2D eigenvalue weighted by Gasteiger charge is -1.99. The summed E-state index contributed by atoms with van der Waals surface area (Å²) in [6, 6.07) is 5.37. The number of nitrogens with zero attached hydrogens (tertiary/aromatic N) is 2. The molecule has 2 aromatic rings. The number of aromatic nitrogens is 2. The fourth-order valence-corrected chi connectivity index (χ4v) is 1.32. The molecule has 3 nitrogen and oxygen atoms in total. The number of carbonyl (C=O) groups excluding carboxylic acids is 1. The first-order valence-corrected chi connectivity index (χ1v) is 4.41. The molecule has 0 saturated heterocycles. The Kier molecular flexibility index (Phi) is 2.00. The van der Waals surface area contributed by atoms with Crippen LogP contribution in [-0.2, 0) is 0 Å². The van der Waals surface area contributed by atoms with Gasteiger partial charge in [-0.25, -0.2) is 4.98 Å². The van der Waals surface area contributed by atoms with E-state index in [1.54, 1.807) is 25.3 Å². The van der Waals surface area contributed by atoms with Crippen LogP contribution < -0.4 is 0 Å². The van der Waals surface area contributed by atoms with E-state index in [0.29, 0.717) is 5.56 Å². The minimum atomic E-state index is 0.0511. The summed E-state index contributed by atoms with van der Waals surface area (Å²) in [5.74, 6) is 0.0511. The van der Waals surface area contributed by atoms with Crippen LogP contribution in [0.5, 0.6) is 0 Å². The van der Waals surface area contributed by atoms with Gasteiger partial charge < -0.3 is 0 Å². The van der Waals surface area contributed by atoms with Crippen molar-refractivity contribution in [2.75, 3.05) is 0 Å². The van der Waals surface area contributed by atoms with Crippen LogP contribution in [0.1, 0.15) is 23.0 Å². The first kappa shape index (κ1) is 8.81. The summed E-state index contributed by atoms with van der Waals surface area (Å²) in [4.78, 5) is 19.6. The van der Waals surface area contributed by atoms with Gasteiger partial charge in [0.05, 0.1) is 16.7 Å². The fourth-order valence-electron chi connectivity index (χ4n) is 1.32. The predicted molar refractivity (Wildman–Crippen MR) is 54.3 cm³/mol. The first-order valence-electron chi connectivity index (χ1n) is 4.41. The molecule has 0 fully saturated rings. The molecule has 0 radical (unpaired) electrons. The van der Waals surface area contributed by atoms with Gasteiger partial charge in [-0.15, -0.1) is 0 Å². The van der Waals surface area contributed by atoms with Crippen molar-refractivity contribution in [3.8, 4) is 0 Å². The molecular formula is C11H10N2O. The first-order chi connectivity index (χ1) is 6.66. The molecule has 1 aromatic carbocycles. The Morgan fingerprint density at radius 3 is 2.79 bits per heavy atom. The average Bonchev–Trinajstić information content (AvgIpc) is 2.16. The van der Waals surface area contributed by atoms with Gasteiger partial charge in [-0.05, 0) is 32.0 Å². The molecule has 0 bridgehead atoms. The molecule has 0 amide bonds. The monoisotopic (exact) mass is 186 g/mol. The molecule has 2 rings (SSSR count). The number of Topliss-reactive ketones (excluding diaryl/α,β-unsaturated/α-hetero) is 1. The maximum Gasteiger partial charge on any atom is 0.159 e. The molecule has 0 aliphatic rings. The second-order valence-corrected chi connectivity index (χ2v) is 3.27. The van der Waals surface area contributed by atoms with Crippen molar-refractivity contribution in [3.63, 3.8) is 0 Å². The molecule has 0 atom stereocenters. The molecule has 3 heteroatoms. The number of carbonyl (C=O) groups is 1. The topological polar surface area (TPSA) is 42.9 Å². The normalized spacial score (nSPS) is 10.4. The van der Waals surface area contributed by atoms with Gasteiger partial charge in [-0.1, -0.05) is 0 Å². The van der Waals surface area contributed by atoms with Crippen LogP contribution in [0, 0.1) is 6.92 Å². The molecule has 0 spiro atoms. The van der Waals surface area contributed by atoms with Gasteiger partial charge in [0.1, 0.15) is 0 Å². The van der Waals surface area contributed by atoms with E-state index in [9.17, 15) is 4.79 Å². The molecule has 1 heterocycles. The van der Waals surface area contributed by atoms with Crippen LogP contribution in [0.4, 0.5) is 0 Å². The summed E-state index contributed by atoms with van der Waals surface area (Å²) in [7, 11) is 0. The smallest absolute Gasteiger partial charge is 0.159 e. The molecule has 70 valence electrons. The van der Waals surface area contributed by atoms with Gasteiger partial charge in [0.25, 0.3) is 0 Å². The number of benzene rings is 1. The van der Waals surface area contributed by atoms with E-state index in [0.717, 1.165) is 16.7 Å². The highest BCUT2D eigenvalue weighted by Crippen LogP contribution is 2.12. The van der Waals surface area contributed by atoms with Gasteiger partial charge in [0.2, 0.25) is 0 Å². The van der Waals surface area contributed by atoms with Crippen LogP contribution in [0.25, 0.3) is 11.0 Å². The van der Waals surface area contributed by atoms with Crippen LogP contribution in [0.3, 0.4) is 0 Å². The number of rotatable bonds is 1. The van der Waals surface area contributed by atoms with Gasteiger partial charge >= 0.3 is 0 Å². The number of fused-ring (bicyclic) bond motifs is 1. The van der Waals surface area contributed by atoms with Crippen molar-refractivity contribution < 1.29 is 4.79 Å². The third-order valence-electron chi connectivity index (χ3n) is 2.07. The Hall–Kier alpha value is -1.77. The Bertz CT molecular complexity index is 506. The SMILES string of the molecule is CC(=O)c1ccc2ncc(C)nc2c1. The lowest BCUT2D eigenvalue weighted by molar-refractivity contribution is 0.101. The van der Waals surface area contributed by atoms with Crippen molar-refractivity contribution >= 4 is 16.8 Å². The zero-order valence-electron chi connectivity index (χ0n) is 8.11. The van der Waals surface area contributed by atoms with Crippen molar-refractivity contribution in [1.82, 2.24) is 9.97 Å². The Labute approximate surface area is 81.8 Å². The zero-order valence-corrected chi connectivity index (χ0v) is 8.11. The third kappa shape index (κ3) is 1.48.